The molecule has 2 aromatic heterocycles. The maximum Gasteiger partial charge on any atom is 0.137 e. The van der Waals surface area contributed by atoms with Crippen molar-refractivity contribution in [3.8, 4) is 11.3 Å². The van der Waals surface area contributed by atoms with Crippen LogP contribution in [0.3, 0.4) is 0 Å². The summed E-state index contributed by atoms with van der Waals surface area (Å²) in [4.78, 5) is 4.34. The molecule has 0 spiro atoms. The lowest BCUT2D eigenvalue weighted by atomic mass is 10.1. The predicted octanol–water partition coefficient (Wildman–Crippen LogP) is 3.50. The molecule has 0 aliphatic rings. The van der Waals surface area contributed by atoms with Crippen molar-refractivity contribution in [2.45, 2.75) is 19.9 Å². The quantitative estimate of drug-likeness (QED) is 0.715. The summed E-state index contributed by atoms with van der Waals surface area (Å²) in [7, 11) is 0. The normalized spacial score (nSPS) is 11.1. The van der Waals surface area contributed by atoms with Gasteiger partial charge in [0.2, 0.25) is 0 Å². The van der Waals surface area contributed by atoms with Gasteiger partial charge < -0.3 is 5.32 Å². The van der Waals surface area contributed by atoms with E-state index in [0.717, 1.165) is 25.2 Å². The molecule has 102 valence electrons. The van der Waals surface area contributed by atoms with E-state index in [-0.39, 0.29) is 0 Å². The summed E-state index contributed by atoms with van der Waals surface area (Å²) in [5.74, 6) is 0. The van der Waals surface area contributed by atoms with Gasteiger partial charge in [0.25, 0.3) is 0 Å². The van der Waals surface area contributed by atoms with Crippen LogP contribution in [0.25, 0.3) is 16.9 Å². The zero-order valence-corrected chi connectivity index (χ0v) is 11.7. The van der Waals surface area contributed by atoms with Crippen molar-refractivity contribution >= 4 is 5.65 Å². The molecule has 0 bridgehead atoms. The van der Waals surface area contributed by atoms with Crippen molar-refractivity contribution in [1.29, 1.82) is 0 Å². The summed E-state index contributed by atoms with van der Waals surface area (Å²) in [5, 5.41) is 3.44. The fraction of sp³-hybridized carbons (Fsp3) is 0.235. The van der Waals surface area contributed by atoms with Gasteiger partial charge in [0, 0.05) is 18.9 Å². The Morgan fingerprint density at radius 2 is 2.05 bits per heavy atom. The maximum absolute atomic E-state index is 4.34. The molecule has 0 unspecified atom stereocenters. The Labute approximate surface area is 119 Å². The predicted molar refractivity (Wildman–Crippen MR) is 82.6 cm³/mol. The number of pyridine rings is 1. The highest BCUT2D eigenvalue weighted by molar-refractivity contribution is 5.64. The number of hydrogen-bond acceptors (Lipinski definition) is 2. The van der Waals surface area contributed by atoms with E-state index in [0.29, 0.717) is 0 Å². The topological polar surface area (TPSA) is 29.3 Å². The smallest absolute Gasteiger partial charge is 0.137 e. The molecule has 3 rings (SSSR count). The number of hydrogen-bond donors (Lipinski definition) is 1. The van der Waals surface area contributed by atoms with Gasteiger partial charge in [-0.05, 0) is 42.3 Å². The van der Waals surface area contributed by atoms with Gasteiger partial charge in [0.05, 0.1) is 5.69 Å². The second-order valence-electron chi connectivity index (χ2n) is 4.94. The molecule has 3 nitrogen and oxygen atoms in total. The first-order valence-corrected chi connectivity index (χ1v) is 7.10. The minimum Gasteiger partial charge on any atom is -0.313 e. The van der Waals surface area contributed by atoms with Crippen molar-refractivity contribution in [3.05, 3.63) is 60.4 Å². The first-order chi connectivity index (χ1) is 9.88. The molecule has 20 heavy (non-hydrogen) atoms. The van der Waals surface area contributed by atoms with Crippen molar-refractivity contribution in [1.82, 2.24) is 14.7 Å². The highest BCUT2D eigenvalue weighted by Crippen LogP contribution is 2.21. The van der Waals surface area contributed by atoms with Gasteiger partial charge in [-0.1, -0.05) is 31.2 Å². The summed E-state index contributed by atoms with van der Waals surface area (Å²) in [6.07, 6.45) is 5.01. The lowest BCUT2D eigenvalue weighted by Crippen LogP contribution is -2.13. The third-order valence-electron chi connectivity index (χ3n) is 3.41. The largest absolute Gasteiger partial charge is 0.313 e. The van der Waals surface area contributed by atoms with Crippen LogP contribution in [0.1, 0.15) is 18.9 Å². The zero-order chi connectivity index (χ0) is 13.8. The first kappa shape index (κ1) is 12.9. The Balaban J connectivity index is 1.93. The molecule has 1 aromatic carbocycles. The van der Waals surface area contributed by atoms with E-state index in [4.69, 9.17) is 0 Å². The molecular weight excluding hydrogens is 246 g/mol. The average molecular weight is 265 g/mol. The summed E-state index contributed by atoms with van der Waals surface area (Å²) in [6.45, 7) is 4.16. The fourth-order valence-electron chi connectivity index (χ4n) is 2.43. The Bertz CT molecular complexity index is 700. The molecule has 2 heterocycles. The van der Waals surface area contributed by atoms with Crippen LogP contribution < -0.4 is 5.32 Å². The van der Waals surface area contributed by atoms with Gasteiger partial charge in [-0.3, -0.25) is 4.40 Å². The molecule has 3 heteroatoms. The lowest BCUT2D eigenvalue weighted by Gasteiger charge is -2.08. The van der Waals surface area contributed by atoms with Gasteiger partial charge in [0.1, 0.15) is 5.65 Å². The number of imidazole rings is 1. The zero-order valence-electron chi connectivity index (χ0n) is 11.7. The van der Waals surface area contributed by atoms with E-state index in [9.17, 15) is 0 Å². The van der Waals surface area contributed by atoms with Gasteiger partial charge in [-0.15, -0.1) is 0 Å². The minimum absolute atomic E-state index is 0.918. The number of benzene rings is 1. The summed E-state index contributed by atoms with van der Waals surface area (Å²) >= 11 is 0. The molecule has 3 aromatic rings. The average Bonchev–Trinajstić information content (AvgIpc) is 2.96. The molecule has 0 saturated carbocycles. The second kappa shape index (κ2) is 5.88. The van der Waals surface area contributed by atoms with Gasteiger partial charge in [-0.25, -0.2) is 4.98 Å². The van der Waals surface area contributed by atoms with Gasteiger partial charge >= 0.3 is 0 Å². The molecule has 0 aliphatic carbocycles. The van der Waals surface area contributed by atoms with E-state index >= 15 is 0 Å². The molecule has 1 N–H and O–H groups in total. The number of rotatable bonds is 5. The fourth-order valence-corrected chi connectivity index (χ4v) is 2.43. The Hall–Kier alpha value is -2.13. The van der Waals surface area contributed by atoms with E-state index in [1.807, 2.05) is 18.5 Å². The standard InChI is InChI=1S/C17H19N3/c1-2-9-18-13-14-5-3-6-15(12-14)16-7-4-8-17-19-10-11-20(16)17/h3-8,10-12,18H,2,9,13H2,1H3. The third kappa shape index (κ3) is 2.58. The summed E-state index contributed by atoms with van der Waals surface area (Å²) in [5.41, 5.74) is 4.70. The van der Waals surface area contributed by atoms with E-state index < -0.39 is 0 Å². The van der Waals surface area contributed by atoms with Gasteiger partial charge in [0.15, 0.2) is 0 Å². The molecule has 0 fully saturated rings. The molecular formula is C17H19N3. The van der Waals surface area contributed by atoms with Crippen LogP contribution in [0.15, 0.2) is 54.9 Å². The Kier molecular flexibility index (Phi) is 3.79. The van der Waals surface area contributed by atoms with Crippen LogP contribution in [-0.4, -0.2) is 15.9 Å². The van der Waals surface area contributed by atoms with Crippen molar-refractivity contribution in [2.24, 2.45) is 0 Å². The highest BCUT2D eigenvalue weighted by Gasteiger charge is 2.04. The van der Waals surface area contributed by atoms with Crippen molar-refractivity contribution < 1.29 is 0 Å². The molecule has 0 amide bonds. The summed E-state index contributed by atoms with van der Waals surface area (Å²) < 4.78 is 2.12. The maximum atomic E-state index is 4.34. The molecule has 0 saturated heterocycles. The Morgan fingerprint density at radius 3 is 2.95 bits per heavy atom. The first-order valence-electron chi connectivity index (χ1n) is 7.10. The molecule has 0 atom stereocenters. The minimum atomic E-state index is 0.918. The number of fused-ring (bicyclic) bond motifs is 1. The van der Waals surface area contributed by atoms with Crippen LogP contribution in [0.5, 0.6) is 0 Å². The number of nitrogens with one attached hydrogen (secondary N) is 1. The van der Waals surface area contributed by atoms with Crippen LogP contribution >= 0.6 is 0 Å². The monoisotopic (exact) mass is 265 g/mol. The second-order valence-corrected chi connectivity index (χ2v) is 4.94. The Morgan fingerprint density at radius 1 is 1.15 bits per heavy atom. The highest BCUT2D eigenvalue weighted by atomic mass is 15.0. The van der Waals surface area contributed by atoms with Crippen LogP contribution in [0, 0.1) is 0 Å². The van der Waals surface area contributed by atoms with E-state index in [2.05, 4.69) is 58.0 Å². The van der Waals surface area contributed by atoms with Crippen molar-refractivity contribution in [2.75, 3.05) is 6.54 Å². The van der Waals surface area contributed by atoms with E-state index in [1.54, 1.807) is 0 Å². The lowest BCUT2D eigenvalue weighted by molar-refractivity contribution is 0.675. The molecule has 0 aliphatic heterocycles. The van der Waals surface area contributed by atoms with Crippen molar-refractivity contribution in [3.63, 3.8) is 0 Å². The van der Waals surface area contributed by atoms with Crippen LogP contribution in [0.4, 0.5) is 0 Å². The number of aromatic nitrogens is 2. The SMILES string of the molecule is CCCNCc1cccc(-c2cccc3nccn23)c1. The third-order valence-corrected chi connectivity index (χ3v) is 3.41. The summed E-state index contributed by atoms with van der Waals surface area (Å²) in [6, 6.07) is 14.9. The number of nitrogens with zero attached hydrogens (tertiary/aromatic N) is 2. The van der Waals surface area contributed by atoms with Crippen LogP contribution in [-0.2, 0) is 6.54 Å². The molecule has 0 radical (unpaired) electrons. The van der Waals surface area contributed by atoms with Crippen LogP contribution in [0.2, 0.25) is 0 Å². The van der Waals surface area contributed by atoms with E-state index in [1.165, 1.54) is 16.8 Å². The van der Waals surface area contributed by atoms with Gasteiger partial charge in [-0.2, -0.15) is 0 Å².